The molecule has 0 saturated carbocycles. The van der Waals surface area contributed by atoms with E-state index in [4.69, 9.17) is 4.74 Å². The summed E-state index contributed by atoms with van der Waals surface area (Å²) in [5.74, 6) is -0.494. The molecule has 2 aromatic rings. The third-order valence-corrected chi connectivity index (χ3v) is 4.20. The van der Waals surface area contributed by atoms with Crippen LogP contribution in [0.5, 0.6) is 0 Å². The molecule has 2 heterocycles. The van der Waals surface area contributed by atoms with Gasteiger partial charge in [-0.3, -0.25) is 4.79 Å². The van der Waals surface area contributed by atoms with Crippen LogP contribution in [0.1, 0.15) is 35.2 Å². The lowest BCUT2D eigenvalue weighted by atomic mass is 10.1. The summed E-state index contributed by atoms with van der Waals surface area (Å²) in [6, 6.07) is 6.75. The standard InChI is InChI=1S/C18H19F3N2O2/c19-18(20,21)14-10-13(11-16(12-14)23-6-1-2-7-23)17(24)22-15-4-3-8-25-9-5-15/h1-2,6-7,10-12,15H,3-5,8-9H2,(H,22,24). The number of nitrogens with zero attached hydrogens (tertiary/aromatic N) is 1. The highest BCUT2D eigenvalue weighted by Crippen LogP contribution is 2.31. The van der Waals surface area contributed by atoms with Gasteiger partial charge < -0.3 is 14.6 Å². The SMILES string of the molecule is O=C(NC1CCCOCC1)c1cc(-n2cccc2)cc(C(F)(F)F)c1. The molecular formula is C18H19F3N2O2. The second-order valence-corrected chi connectivity index (χ2v) is 6.07. The Morgan fingerprint density at radius 2 is 1.88 bits per heavy atom. The van der Waals surface area contributed by atoms with Gasteiger partial charge in [-0.25, -0.2) is 0 Å². The number of amides is 1. The third-order valence-electron chi connectivity index (χ3n) is 4.20. The van der Waals surface area contributed by atoms with E-state index < -0.39 is 17.6 Å². The molecule has 0 bridgehead atoms. The highest BCUT2D eigenvalue weighted by Gasteiger charge is 2.32. The van der Waals surface area contributed by atoms with Crippen molar-refractivity contribution in [2.45, 2.75) is 31.5 Å². The van der Waals surface area contributed by atoms with Crippen molar-refractivity contribution in [1.82, 2.24) is 9.88 Å². The first-order valence-electron chi connectivity index (χ1n) is 8.18. The van der Waals surface area contributed by atoms with Gasteiger partial charge in [0.15, 0.2) is 0 Å². The fourth-order valence-electron chi connectivity index (χ4n) is 2.88. The number of benzene rings is 1. The molecule has 1 fully saturated rings. The average molecular weight is 352 g/mol. The highest BCUT2D eigenvalue weighted by atomic mass is 19.4. The van der Waals surface area contributed by atoms with Crippen molar-refractivity contribution in [3.8, 4) is 5.69 Å². The van der Waals surface area contributed by atoms with Gasteiger partial charge in [0.05, 0.1) is 5.56 Å². The average Bonchev–Trinajstić information content (AvgIpc) is 2.99. The predicted octanol–water partition coefficient (Wildman–Crippen LogP) is 3.80. The van der Waals surface area contributed by atoms with Crippen LogP contribution in [0.25, 0.3) is 5.69 Å². The summed E-state index contributed by atoms with van der Waals surface area (Å²) < 4.78 is 46.5. The van der Waals surface area contributed by atoms with E-state index in [1.807, 2.05) is 0 Å². The number of rotatable bonds is 3. The normalized spacial score (nSPS) is 18.6. The van der Waals surface area contributed by atoms with Crippen LogP contribution < -0.4 is 5.32 Å². The lowest BCUT2D eigenvalue weighted by Gasteiger charge is -2.17. The molecule has 1 unspecified atom stereocenters. The third kappa shape index (κ3) is 4.42. The van der Waals surface area contributed by atoms with Crippen molar-refractivity contribution in [3.05, 3.63) is 53.9 Å². The van der Waals surface area contributed by atoms with Crippen molar-refractivity contribution in [2.75, 3.05) is 13.2 Å². The Morgan fingerprint density at radius 1 is 1.12 bits per heavy atom. The summed E-state index contributed by atoms with van der Waals surface area (Å²) in [5.41, 5.74) is -0.536. The molecule has 7 heteroatoms. The van der Waals surface area contributed by atoms with Crippen LogP contribution >= 0.6 is 0 Å². The Morgan fingerprint density at radius 3 is 2.60 bits per heavy atom. The number of ether oxygens (including phenoxy) is 1. The molecule has 134 valence electrons. The number of halogens is 3. The minimum Gasteiger partial charge on any atom is -0.381 e. The maximum absolute atomic E-state index is 13.2. The summed E-state index contributed by atoms with van der Waals surface area (Å²) >= 11 is 0. The highest BCUT2D eigenvalue weighted by molar-refractivity contribution is 5.95. The molecule has 4 nitrogen and oxygen atoms in total. The minimum atomic E-state index is -4.52. The van der Waals surface area contributed by atoms with Crippen LogP contribution in [0.3, 0.4) is 0 Å². The summed E-state index contributed by atoms with van der Waals surface area (Å²) in [6.07, 6.45) is 1.00. The van der Waals surface area contributed by atoms with Gasteiger partial charge in [0.25, 0.3) is 5.91 Å². The van der Waals surface area contributed by atoms with Crippen molar-refractivity contribution in [3.63, 3.8) is 0 Å². The zero-order valence-corrected chi connectivity index (χ0v) is 13.6. The fourth-order valence-corrected chi connectivity index (χ4v) is 2.88. The van der Waals surface area contributed by atoms with Gasteiger partial charge in [-0.05, 0) is 49.6 Å². The lowest BCUT2D eigenvalue weighted by molar-refractivity contribution is -0.137. The number of nitrogens with one attached hydrogen (secondary N) is 1. The van der Waals surface area contributed by atoms with E-state index in [9.17, 15) is 18.0 Å². The Kier molecular flexibility index (Phi) is 5.13. The van der Waals surface area contributed by atoms with Crippen molar-refractivity contribution in [2.24, 2.45) is 0 Å². The smallest absolute Gasteiger partial charge is 0.381 e. The molecule has 0 aliphatic carbocycles. The van der Waals surface area contributed by atoms with E-state index in [0.717, 1.165) is 25.0 Å². The van der Waals surface area contributed by atoms with Gasteiger partial charge in [0.2, 0.25) is 0 Å². The molecule has 25 heavy (non-hydrogen) atoms. The Balaban J connectivity index is 1.88. The zero-order chi connectivity index (χ0) is 17.9. The number of hydrogen-bond acceptors (Lipinski definition) is 2. The second kappa shape index (κ2) is 7.31. The van der Waals surface area contributed by atoms with E-state index in [1.54, 1.807) is 29.1 Å². The molecular weight excluding hydrogens is 333 g/mol. The van der Waals surface area contributed by atoms with E-state index in [1.165, 1.54) is 6.07 Å². The van der Waals surface area contributed by atoms with E-state index in [2.05, 4.69) is 5.32 Å². The molecule has 3 rings (SSSR count). The second-order valence-electron chi connectivity index (χ2n) is 6.07. The number of alkyl halides is 3. The molecule has 0 radical (unpaired) electrons. The minimum absolute atomic E-state index is 0.00342. The van der Waals surface area contributed by atoms with Gasteiger partial charge in [-0.15, -0.1) is 0 Å². The molecule has 1 aliphatic rings. The van der Waals surface area contributed by atoms with E-state index >= 15 is 0 Å². The summed E-state index contributed by atoms with van der Waals surface area (Å²) in [5, 5.41) is 2.83. The number of aromatic nitrogens is 1. The first-order chi connectivity index (χ1) is 11.9. The molecule has 1 saturated heterocycles. The van der Waals surface area contributed by atoms with Crippen LogP contribution in [0.4, 0.5) is 13.2 Å². The molecule has 0 spiro atoms. The maximum Gasteiger partial charge on any atom is 0.416 e. The van der Waals surface area contributed by atoms with Crippen LogP contribution in [0.2, 0.25) is 0 Å². The number of carbonyl (C=O) groups excluding carboxylic acids is 1. The molecule has 1 aliphatic heterocycles. The van der Waals surface area contributed by atoms with Gasteiger partial charge in [0, 0.05) is 42.9 Å². The fraction of sp³-hybridized carbons (Fsp3) is 0.389. The zero-order valence-electron chi connectivity index (χ0n) is 13.6. The Bertz CT molecular complexity index is 718. The first kappa shape index (κ1) is 17.5. The predicted molar refractivity (Wildman–Crippen MR) is 86.7 cm³/mol. The topological polar surface area (TPSA) is 43.3 Å². The quantitative estimate of drug-likeness (QED) is 0.913. The monoisotopic (exact) mass is 352 g/mol. The molecule has 1 aromatic heterocycles. The van der Waals surface area contributed by atoms with Crippen LogP contribution in [0, 0.1) is 0 Å². The first-order valence-corrected chi connectivity index (χ1v) is 8.18. The van der Waals surface area contributed by atoms with E-state index in [0.29, 0.717) is 25.3 Å². The molecule has 1 amide bonds. The molecule has 1 N–H and O–H groups in total. The van der Waals surface area contributed by atoms with Crippen LogP contribution in [0.15, 0.2) is 42.7 Å². The van der Waals surface area contributed by atoms with Gasteiger partial charge in [-0.2, -0.15) is 13.2 Å². The largest absolute Gasteiger partial charge is 0.416 e. The number of carbonyl (C=O) groups is 1. The van der Waals surface area contributed by atoms with Gasteiger partial charge in [-0.1, -0.05) is 0 Å². The molecule has 1 atom stereocenters. The molecule has 1 aromatic carbocycles. The summed E-state index contributed by atoms with van der Waals surface area (Å²) in [4.78, 5) is 12.5. The Labute approximate surface area is 143 Å². The van der Waals surface area contributed by atoms with Crippen LogP contribution in [-0.2, 0) is 10.9 Å². The number of hydrogen-bond donors (Lipinski definition) is 1. The summed E-state index contributed by atoms with van der Waals surface area (Å²) in [7, 11) is 0. The van der Waals surface area contributed by atoms with Gasteiger partial charge >= 0.3 is 6.18 Å². The van der Waals surface area contributed by atoms with Gasteiger partial charge in [0.1, 0.15) is 0 Å². The van der Waals surface area contributed by atoms with E-state index in [-0.39, 0.29) is 11.6 Å². The van der Waals surface area contributed by atoms with Crippen molar-refractivity contribution < 1.29 is 22.7 Å². The Hall–Kier alpha value is -2.28. The lowest BCUT2D eigenvalue weighted by Crippen LogP contribution is -2.35. The maximum atomic E-state index is 13.2. The summed E-state index contributed by atoms with van der Waals surface area (Å²) in [6.45, 7) is 1.19. The van der Waals surface area contributed by atoms with Crippen molar-refractivity contribution >= 4 is 5.91 Å². The van der Waals surface area contributed by atoms with Crippen LogP contribution in [-0.4, -0.2) is 29.7 Å². The van der Waals surface area contributed by atoms with Crippen molar-refractivity contribution in [1.29, 1.82) is 0 Å².